The van der Waals surface area contributed by atoms with Gasteiger partial charge in [-0.2, -0.15) is 0 Å². The molecule has 80 valence electrons. The average molecular weight is 195 g/mol. The smallest absolute Gasteiger partial charge is 0.0871 e. The molecule has 2 nitrogen and oxygen atoms in total. The first-order valence-electron chi connectivity index (χ1n) is 5.88. The molecule has 2 aliphatic carbocycles. The molecule has 0 amide bonds. The molecule has 0 aliphatic heterocycles. The Morgan fingerprint density at radius 3 is 2.86 bits per heavy atom. The van der Waals surface area contributed by atoms with Crippen LogP contribution in [0.25, 0.3) is 0 Å². The normalized spacial score (nSPS) is 39.3. The van der Waals surface area contributed by atoms with Crippen LogP contribution in [-0.4, -0.2) is 16.7 Å². The van der Waals surface area contributed by atoms with Crippen molar-refractivity contribution >= 4 is 0 Å². The van der Waals surface area contributed by atoms with Gasteiger partial charge in [-0.3, -0.25) is 0 Å². The minimum atomic E-state index is -0.544. The molecule has 0 aromatic rings. The number of hydrogen-bond donors (Lipinski definition) is 2. The molecule has 2 atom stereocenters. The first kappa shape index (κ1) is 10.2. The summed E-state index contributed by atoms with van der Waals surface area (Å²) in [6, 6.07) is 0.205. The van der Waals surface area contributed by atoms with E-state index in [4.69, 9.17) is 5.73 Å². The van der Waals surface area contributed by atoms with Gasteiger partial charge < -0.3 is 10.8 Å². The molecule has 0 saturated heterocycles. The van der Waals surface area contributed by atoms with Gasteiger partial charge in [-0.25, -0.2) is 0 Å². The quantitative estimate of drug-likeness (QED) is 0.629. The molecule has 2 aliphatic rings. The number of allylic oxidation sites excluding steroid dienone is 1. The predicted octanol–water partition coefficient (Wildman–Crippen LogP) is 2.12. The predicted molar refractivity (Wildman–Crippen MR) is 57.9 cm³/mol. The van der Waals surface area contributed by atoms with E-state index < -0.39 is 5.60 Å². The van der Waals surface area contributed by atoms with Crippen LogP contribution in [-0.2, 0) is 0 Å². The van der Waals surface area contributed by atoms with Crippen molar-refractivity contribution in [3.05, 3.63) is 11.6 Å². The molecule has 0 heterocycles. The Labute approximate surface area is 86.2 Å². The Morgan fingerprint density at radius 2 is 2.21 bits per heavy atom. The van der Waals surface area contributed by atoms with Gasteiger partial charge in [0.1, 0.15) is 0 Å². The maximum Gasteiger partial charge on any atom is 0.0871 e. The minimum Gasteiger partial charge on any atom is -0.385 e. The van der Waals surface area contributed by atoms with E-state index in [1.165, 1.54) is 18.4 Å². The largest absolute Gasteiger partial charge is 0.385 e. The Hall–Kier alpha value is -0.340. The van der Waals surface area contributed by atoms with Gasteiger partial charge in [0.05, 0.1) is 5.60 Å². The minimum absolute atomic E-state index is 0.205. The molecule has 0 aromatic carbocycles. The fourth-order valence-electron chi connectivity index (χ4n) is 2.85. The zero-order valence-corrected chi connectivity index (χ0v) is 8.84. The zero-order chi connectivity index (χ0) is 10.0. The van der Waals surface area contributed by atoms with Crippen molar-refractivity contribution in [2.24, 2.45) is 5.73 Å². The lowest BCUT2D eigenvalue weighted by molar-refractivity contribution is 0.0279. The number of hydrogen-bond acceptors (Lipinski definition) is 2. The molecule has 2 rings (SSSR count). The second-order valence-corrected chi connectivity index (χ2v) is 4.86. The standard InChI is InChI=1S/C12H21NO/c13-11-7-4-8-12(14,9-11)10-5-2-1-3-6-10/h5,11,14H,1-4,6-9,13H2. The van der Waals surface area contributed by atoms with E-state index in [0.29, 0.717) is 0 Å². The third-order valence-electron chi connectivity index (χ3n) is 3.65. The molecule has 0 radical (unpaired) electrons. The summed E-state index contributed by atoms with van der Waals surface area (Å²) in [7, 11) is 0. The van der Waals surface area contributed by atoms with E-state index in [2.05, 4.69) is 6.08 Å². The molecule has 0 bridgehead atoms. The van der Waals surface area contributed by atoms with Crippen molar-refractivity contribution in [1.29, 1.82) is 0 Å². The van der Waals surface area contributed by atoms with Gasteiger partial charge in [-0.15, -0.1) is 0 Å². The maximum absolute atomic E-state index is 10.5. The highest BCUT2D eigenvalue weighted by Crippen LogP contribution is 2.37. The van der Waals surface area contributed by atoms with Crippen molar-refractivity contribution in [3.8, 4) is 0 Å². The van der Waals surface area contributed by atoms with Crippen molar-refractivity contribution < 1.29 is 5.11 Å². The molecule has 0 spiro atoms. The summed E-state index contributed by atoms with van der Waals surface area (Å²) in [5.41, 5.74) is 6.66. The van der Waals surface area contributed by atoms with E-state index >= 15 is 0 Å². The Kier molecular flexibility index (Phi) is 2.93. The molecular weight excluding hydrogens is 174 g/mol. The van der Waals surface area contributed by atoms with Crippen LogP contribution in [0.15, 0.2) is 11.6 Å². The zero-order valence-electron chi connectivity index (χ0n) is 8.84. The fourth-order valence-corrected chi connectivity index (χ4v) is 2.85. The molecule has 2 heteroatoms. The van der Waals surface area contributed by atoms with E-state index in [1.807, 2.05) is 0 Å². The van der Waals surface area contributed by atoms with Crippen molar-refractivity contribution in [2.75, 3.05) is 0 Å². The number of rotatable bonds is 1. The van der Waals surface area contributed by atoms with Crippen LogP contribution < -0.4 is 5.73 Å². The van der Waals surface area contributed by atoms with E-state index in [-0.39, 0.29) is 6.04 Å². The summed E-state index contributed by atoms with van der Waals surface area (Å²) in [5.74, 6) is 0. The highest BCUT2D eigenvalue weighted by Gasteiger charge is 2.36. The molecular formula is C12H21NO. The Morgan fingerprint density at radius 1 is 1.36 bits per heavy atom. The molecule has 2 unspecified atom stereocenters. The van der Waals surface area contributed by atoms with Crippen molar-refractivity contribution in [2.45, 2.75) is 63.0 Å². The average Bonchev–Trinajstić information content (AvgIpc) is 2.19. The summed E-state index contributed by atoms with van der Waals surface area (Å²) in [6.07, 6.45) is 10.9. The number of aliphatic hydroxyl groups is 1. The van der Waals surface area contributed by atoms with Gasteiger partial charge in [-0.05, 0) is 56.9 Å². The third-order valence-corrected chi connectivity index (χ3v) is 3.65. The highest BCUT2D eigenvalue weighted by atomic mass is 16.3. The highest BCUT2D eigenvalue weighted by molar-refractivity contribution is 5.20. The van der Waals surface area contributed by atoms with Crippen molar-refractivity contribution in [3.63, 3.8) is 0 Å². The van der Waals surface area contributed by atoms with E-state index in [1.54, 1.807) is 0 Å². The first-order valence-corrected chi connectivity index (χ1v) is 5.88. The van der Waals surface area contributed by atoms with Crippen molar-refractivity contribution in [1.82, 2.24) is 0 Å². The second-order valence-electron chi connectivity index (χ2n) is 4.86. The number of nitrogens with two attached hydrogens (primary N) is 1. The fraction of sp³-hybridized carbons (Fsp3) is 0.833. The first-order chi connectivity index (χ1) is 6.71. The molecule has 1 saturated carbocycles. The van der Waals surface area contributed by atoms with Crippen LogP contribution in [0.4, 0.5) is 0 Å². The molecule has 0 aromatic heterocycles. The van der Waals surface area contributed by atoms with Gasteiger partial charge in [0.15, 0.2) is 0 Å². The summed E-state index contributed by atoms with van der Waals surface area (Å²) in [4.78, 5) is 0. The van der Waals surface area contributed by atoms with Gasteiger partial charge in [-0.1, -0.05) is 6.08 Å². The monoisotopic (exact) mass is 195 g/mol. The lowest BCUT2D eigenvalue weighted by atomic mass is 9.74. The topological polar surface area (TPSA) is 46.2 Å². The van der Waals surface area contributed by atoms with Gasteiger partial charge >= 0.3 is 0 Å². The molecule has 1 fully saturated rings. The van der Waals surface area contributed by atoms with Gasteiger partial charge in [0.2, 0.25) is 0 Å². The second kappa shape index (κ2) is 4.03. The van der Waals surface area contributed by atoms with E-state index in [9.17, 15) is 5.11 Å². The summed E-state index contributed by atoms with van der Waals surface area (Å²) in [5, 5.41) is 10.5. The molecule has 3 N–H and O–H groups in total. The summed E-state index contributed by atoms with van der Waals surface area (Å²) in [6.45, 7) is 0. The maximum atomic E-state index is 10.5. The van der Waals surface area contributed by atoms with Crippen LogP contribution in [0.3, 0.4) is 0 Å². The summed E-state index contributed by atoms with van der Waals surface area (Å²) >= 11 is 0. The van der Waals surface area contributed by atoms with Gasteiger partial charge in [0, 0.05) is 6.04 Å². The lowest BCUT2D eigenvalue weighted by Gasteiger charge is -2.38. The lowest BCUT2D eigenvalue weighted by Crippen LogP contribution is -2.42. The Balaban J connectivity index is 2.09. The third kappa shape index (κ3) is 2.01. The van der Waals surface area contributed by atoms with Crippen LogP contribution >= 0.6 is 0 Å². The Bertz CT molecular complexity index is 236. The SMILES string of the molecule is NC1CCCC(O)(C2=CCCCC2)C1. The van der Waals surface area contributed by atoms with Crippen LogP contribution in [0.1, 0.15) is 51.4 Å². The van der Waals surface area contributed by atoms with Crippen LogP contribution in [0, 0.1) is 0 Å². The summed E-state index contributed by atoms with van der Waals surface area (Å²) < 4.78 is 0. The van der Waals surface area contributed by atoms with E-state index in [0.717, 1.165) is 38.5 Å². The van der Waals surface area contributed by atoms with Gasteiger partial charge in [0.25, 0.3) is 0 Å². The molecule has 14 heavy (non-hydrogen) atoms. The van der Waals surface area contributed by atoms with Crippen LogP contribution in [0.2, 0.25) is 0 Å². The van der Waals surface area contributed by atoms with Crippen LogP contribution in [0.5, 0.6) is 0 Å².